The van der Waals surface area contributed by atoms with E-state index in [0.29, 0.717) is 5.56 Å². The predicted molar refractivity (Wildman–Crippen MR) is 87.3 cm³/mol. The first-order valence-electron chi connectivity index (χ1n) is 7.18. The second-order valence-corrected chi connectivity index (χ2v) is 6.60. The van der Waals surface area contributed by atoms with Gasteiger partial charge in [0, 0.05) is 24.7 Å². The van der Waals surface area contributed by atoms with Crippen LogP contribution in [0.5, 0.6) is 0 Å². The van der Waals surface area contributed by atoms with E-state index in [0.717, 1.165) is 5.69 Å². The number of amides is 1. The van der Waals surface area contributed by atoms with Crippen molar-refractivity contribution in [3.8, 4) is 6.07 Å². The van der Waals surface area contributed by atoms with E-state index >= 15 is 0 Å². The number of carbonyl (C=O) groups is 1. The molecule has 0 aliphatic heterocycles. The molecule has 2 rings (SSSR count). The van der Waals surface area contributed by atoms with Crippen LogP contribution >= 0.6 is 0 Å². The van der Waals surface area contributed by atoms with Gasteiger partial charge in [0.1, 0.15) is 0 Å². The maximum atomic E-state index is 12.0. The van der Waals surface area contributed by atoms with Gasteiger partial charge in [0.25, 0.3) is 5.91 Å². The monoisotopic (exact) mass is 344 g/mol. The lowest BCUT2D eigenvalue weighted by Crippen LogP contribution is -2.25. The van der Waals surface area contributed by atoms with Crippen LogP contribution in [-0.4, -0.2) is 25.9 Å². The Hall–Kier alpha value is -2.76. The Morgan fingerprint density at radius 1 is 1.17 bits per heavy atom. The topological polar surface area (TPSA) is 112 Å². The minimum Gasteiger partial charge on any atom is -0.346 e. The molecule has 0 fully saturated rings. The van der Waals surface area contributed by atoms with Crippen molar-refractivity contribution in [1.29, 1.82) is 5.26 Å². The quantitative estimate of drug-likeness (QED) is 0.733. The van der Waals surface area contributed by atoms with Gasteiger partial charge in [-0.15, -0.1) is 0 Å². The van der Waals surface area contributed by atoms with Crippen molar-refractivity contribution in [2.75, 3.05) is 6.54 Å². The lowest BCUT2D eigenvalue weighted by atomic mass is 10.2. The van der Waals surface area contributed by atoms with Gasteiger partial charge >= 0.3 is 0 Å². The minimum atomic E-state index is -3.67. The highest BCUT2D eigenvalue weighted by atomic mass is 32.2. The summed E-state index contributed by atoms with van der Waals surface area (Å²) >= 11 is 0. The maximum absolute atomic E-state index is 12.0. The number of carbonyl (C=O) groups excluding carboxylic acids is 1. The van der Waals surface area contributed by atoms with Gasteiger partial charge < -0.3 is 5.32 Å². The fraction of sp³-hybridized carbons (Fsp3) is 0.188. The van der Waals surface area contributed by atoms with E-state index in [1.807, 2.05) is 12.1 Å². The van der Waals surface area contributed by atoms with E-state index in [-0.39, 0.29) is 30.3 Å². The number of benzene rings is 1. The van der Waals surface area contributed by atoms with E-state index < -0.39 is 10.0 Å². The molecule has 0 aliphatic carbocycles. The molecule has 0 saturated heterocycles. The van der Waals surface area contributed by atoms with Crippen molar-refractivity contribution < 1.29 is 13.2 Å². The second-order valence-electron chi connectivity index (χ2n) is 4.83. The Morgan fingerprint density at radius 2 is 1.92 bits per heavy atom. The Kier molecular flexibility index (Phi) is 6.01. The zero-order chi connectivity index (χ0) is 17.4. The molecule has 0 bridgehead atoms. The number of nitriles is 1. The molecule has 0 saturated carbocycles. The van der Waals surface area contributed by atoms with Crippen molar-refractivity contribution in [1.82, 2.24) is 15.0 Å². The largest absolute Gasteiger partial charge is 0.346 e. The smallest absolute Gasteiger partial charge is 0.251 e. The summed E-state index contributed by atoms with van der Waals surface area (Å²) in [5.74, 6) is -0.318. The van der Waals surface area contributed by atoms with Gasteiger partial charge in [-0.25, -0.2) is 13.1 Å². The van der Waals surface area contributed by atoms with Crippen molar-refractivity contribution >= 4 is 15.9 Å². The predicted octanol–water partition coefficient (Wildman–Crippen LogP) is 1.20. The first-order valence-corrected chi connectivity index (χ1v) is 8.66. The fourth-order valence-corrected chi connectivity index (χ4v) is 2.92. The van der Waals surface area contributed by atoms with Crippen LogP contribution in [0.25, 0.3) is 0 Å². The third-order valence-electron chi connectivity index (χ3n) is 3.11. The molecule has 1 aromatic heterocycles. The summed E-state index contributed by atoms with van der Waals surface area (Å²) in [6.07, 6.45) is 1.73. The molecule has 8 heteroatoms. The normalized spacial score (nSPS) is 10.8. The average molecular weight is 344 g/mol. The first-order chi connectivity index (χ1) is 11.5. The van der Waals surface area contributed by atoms with Crippen LogP contribution in [0.3, 0.4) is 0 Å². The highest BCUT2D eigenvalue weighted by Crippen LogP contribution is 2.10. The summed E-state index contributed by atoms with van der Waals surface area (Å²) in [6, 6.07) is 12.8. The molecule has 7 nitrogen and oxygen atoms in total. The van der Waals surface area contributed by atoms with Gasteiger partial charge in [-0.05, 0) is 36.4 Å². The average Bonchev–Trinajstić information content (AvgIpc) is 2.61. The van der Waals surface area contributed by atoms with Gasteiger partial charge in [-0.3, -0.25) is 9.78 Å². The number of hydrogen-bond donors (Lipinski definition) is 2. The number of nitrogens with zero attached hydrogens (tertiary/aromatic N) is 2. The lowest BCUT2D eigenvalue weighted by Gasteiger charge is -2.07. The molecular formula is C16H16N4O3S. The number of sulfonamides is 1. The summed E-state index contributed by atoms with van der Waals surface area (Å²) in [5, 5.41) is 11.1. The Morgan fingerprint density at radius 3 is 2.54 bits per heavy atom. The molecule has 1 amide bonds. The lowest BCUT2D eigenvalue weighted by molar-refractivity contribution is 0.0950. The standard InChI is InChI=1S/C16H16N4O3S/c17-9-3-11-20-24(22,23)15-7-5-13(6-8-15)16(21)19-12-14-4-1-2-10-18-14/h1-2,4-8,10,20H,3,11-12H2,(H,19,21). The summed E-state index contributed by atoms with van der Waals surface area (Å²) < 4.78 is 26.3. The minimum absolute atomic E-state index is 0.0433. The van der Waals surface area contributed by atoms with Crippen LogP contribution in [0.1, 0.15) is 22.5 Å². The number of nitrogens with one attached hydrogen (secondary N) is 2. The van der Waals surface area contributed by atoms with E-state index in [4.69, 9.17) is 5.26 Å². The van der Waals surface area contributed by atoms with Gasteiger partial charge in [0.15, 0.2) is 0 Å². The Balaban J connectivity index is 1.98. The summed E-state index contributed by atoms with van der Waals surface area (Å²) in [7, 11) is -3.67. The third kappa shape index (κ3) is 4.87. The van der Waals surface area contributed by atoms with Crippen molar-refractivity contribution in [2.24, 2.45) is 0 Å². The second kappa shape index (κ2) is 8.19. The molecule has 1 aromatic carbocycles. The Labute approximate surface area is 140 Å². The van der Waals surface area contributed by atoms with E-state index in [1.54, 1.807) is 18.3 Å². The maximum Gasteiger partial charge on any atom is 0.251 e. The van der Waals surface area contributed by atoms with Crippen LogP contribution in [0.2, 0.25) is 0 Å². The van der Waals surface area contributed by atoms with E-state index in [1.165, 1.54) is 24.3 Å². The molecule has 0 radical (unpaired) electrons. The summed E-state index contributed by atoms with van der Waals surface area (Å²) in [6.45, 7) is 0.334. The SMILES string of the molecule is N#CCCNS(=O)(=O)c1ccc(C(=O)NCc2ccccn2)cc1. The van der Waals surface area contributed by atoms with Gasteiger partial charge in [-0.1, -0.05) is 6.07 Å². The number of pyridine rings is 1. The third-order valence-corrected chi connectivity index (χ3v) is 4.59. The zero-order valence-corrected chi connectivity index (χ0v) is 13.6. The zero-order valence-electron chi connectivity index (χ0n) is 12.8. The molecule has 124 valence electrons. The molecule has 24 heavy (non-hydrogen) atoms. The Bertz CT molecular complexity index is 828. The van der Waals surface area contributed by atoms with Crippen molar-refractivity contribution in [2.45, 2.75) is 17.9 Å². The molecule has 0 aliphatic rings. The number of rotatable bonds is 7. The van der Waals surface area contributed by atoms with E-state index in [9.17, 15) is 13.2 Å². The highest BCUT2D eigenvalue weighted by molar-refractivity contribution is 7.89. The van der Waals surface area contributed by atoms with Crippen LogP contribution in [-0.2, 0) is 16.6 Å². The van der Waals surface area contributed by atoms with Crippen LogP contribution in [0, 0.1) is 11.3 Å². The molecule has 0 unspecified atom stereocenters. The highest BCUT2D eigenvalue weighted by Gasteiger charge is 2.14. The van der Waals surface area contributed by atoms with Crippen LogP contribution in [0.4, 0.5) is 0 Å². The summed E-state index contributed by atoms with van der Waals surface area (Å²) in [5.41, 5.74) is 1.08. The fourth-order valence-electron chi connectivity index (χ4n) is 1.89. The summed E-state index contributed by atoms with van der Waals surface area (Å²) in [4.78, 5) is 16.2. The van der Waals surface area contributed by atoms with Crippen molar-refractivity contribution in [3.05, 3.63) is 59.9 Å². The van der Waals surface area contributed by atoms with E-state index in [2.05, 4.69) is 15.0 Å². The molecule has 0 atom stereocenters. The molecule has 1 heterocycles. The van der Waals surface area contributed by atoms with Gasteiger partial charge in [0.2, 0.25) is 10.0 Å². The molecular weight excluding hydrogens is 328 g/mol. The first kappa shape index (κ1) is 17.6. The van der Waals surface area contributed by atoms with Crippen LogP contribution in [0.15, 0.2) is 53.6 Å². The van der Waals surface area contributed by atoms with Gasteiger partial charge in [-0.2, -0.15) is 5.26 Å². The number of aromatic nitrogens is 1. The van der Waals surface area contributed by atoms with Crippen molar-refractivity contribution in [3.63, 3.8) is 0 Å². The molecule has 2 aromatic rings. The van der Waals surface area contributed by atoms with Gasteiger partial charge in [0.05, 0.1) is 23.2 Å². The molecule has 0 spiro atoms. The van der Waals surface area contributed by atoms with Crippen LogP contribution < -0.4 is 10.0 Å². The number of hydrogen-bond acceptors (Lipinski definition) is 5. The molecule has 2 N–H and O–H groups in total.